The van der Waals surface area contributed by atoms with E-state index in [1.54, 1.807) is 24.9 Å². The molecule has 0 aliphatic carbocycles. The molecule has 3 aromatic rings. The lowest BCUT2D eigenvalue weighted by atomic mass is 10.1. The predicted molar refractivity (Wildman–Crippen MR) is 101 cm³/mol. The Balaban J connectivity index is 1.81. The molecule has 27 heavy (non-hydrogen) atoms. The molecular formula is C20H21N5O2. The zero-order chi connectivity index (χ0) is 19.1. The molecule has 0 N–H and O–H groups in total. The number of rotatable bonds is 4. The van der Waals surface area contributed by atoms with Gasteiger partial charge in [0.05, 0.1) is 26.5 Å². The van der Waals surface area contributed by atoms with Gasteiger partial charge in [-0.25, -0.2) is 4.98 Å². The van der Waals surface area contributed by atoms with Crippen LogP contribution in [0.1, 0.15) is 35.3 Å². The second-order valence-electron chi connectivity index (χ2n) is 6.64. The number of hydrogen-bond acceptors (Lipinski definition) is 6. The summed E-state index contributed by atoms with van der Waals surface area (Å²) in [6.45, 7) is 5.03. The summed E-state index contributed by atoms with van der Waals surface area (Å²) in [5, 5.41) is 13.8. The van der Waals surface area contributed by atoms with Crippen LogP contribution in [-0.2, 0) is 6.42 Å². The lowest BCUT2D eigenvalue weighted by Crippen LogP contribution is -2.26. The predicted octanol–water partition coefficient (Wildman–Crippen LogP) is 3.05. The molecule has 0 amide bonds. The van der Waals surface area contributed by atoms with E-state index in [-0.39, 0.29) is 6.04 Å². The summed E-state index contributed by atoms with van der Waals surface area (Å²) >= 11 is 0. The van der Waals surface area contributed by atoms with Gasteiger partial charge in [-0.15, -0.1) is 0 Å². The SMILES string of the molecule is COc1ccc(C(C)N2CCc3c(C)nc4c(C#N)cnn4c32)cc1OC. The Hall–Kier alpha value is -3.27. The van der Waals surface area contributed by atoms with E-state index in [9.17, 15) is 5.26 Å². The van der Waals surface area contributed by atoms with Crippen molar-refractivity contribution in [2.75, 3.05) is 25.7 Å². The third-order valence-electron chi connectivity index (χ3n) is 5.28. The van der Waals surface area contributed by atoms with Crippen LogP contribution in [0, 0.1) is 18.3 Å². The molecular weight excluding hydrogens is 342 g/mol. The maximum Gasteiger partial charge on any atom is 0.175 e. The molecule has 1 aliphatic heterocycles. The lowest BCUT2D eigenvalue weighted by Gasteiger charge is -2.28. The van der Waals surface area contributed by atoms with Gasteiger partial charge in [-0.1, -0.05) is 6.07 Å². The van der Waals surface area contributed by atoms with E-state index in [4.69, 9.17) is 9.47 Å². The van der Waals surface area contributed by atoms with Gasteiger partial charge < -0.3 is 14.4 Å². The van der Waals surface area contributed by atoms with Gasteiger partial charge >= 0.3 is 0 Å². The summed E-state index contributed by atoms with van der Waals surface area (Å²) in [5.41, 5.74) is 4.36. The lowest BCUT2D eigenvalue weighted by molar-refractivity contribution is 0.354. The van der Waals surface area contributed by atoms with Gasteiger partial charge in [-0.05, 0) is 38.0 Å². The highest BCUT2D eigenvalue weighted by Gasteiger charge is 2.30. The summed E-state index contributed by atoms with van der Waals surface area (Å²) in [4.78, 5) is 6.92. The third-order valence-corrected chi connectivity index (χ3v) is 5.28. The molecule has 0 fully saturated rings. The maximum atomic E-state index is 9.34. The van der Waals surface area contributed by atoms with E-state index in [0.717, 1.165) is 30.0 Å². The second kappa shape index (κ2) is 6.47. The minimum absolute atomic E-state index is 0.103. The first-order valence-electron chi connectivity index (χ1n) is 8.85. The van der Waals surface area contributed by atoms with Crippen molar-refractivity contribution in [3.05, 3.63) is 46.8 Å². The largest absolute Gasteiger partial charge is 0.493 e. The molecule has 1 aromatic carbocycles. The number of fused-ring (bicyclic) bond motifs is 3. The number of ether oxygens (including phenoxy) is 2. The summed E-state index contributed by atoms with van der Waals surface area (Å²) in [7, 11) is 3.28. The zero-order valence-electron chi connectivity index (χ0n) is 15.9. The molecule has 7 nitrogen and oxygen atoms in total. The fourth-order valence-corrected chi connectivity index (χ4v) is 3.79. The van der Waals surface area contributed by atoms with Crippen molar-refractivity contribution in [3.63, 3.8) is 0 Å². The van der Waals surface area contributed by atoms with Crippen LogP contribution in [0.15, 0.2) is 24.4 Å². The zero-order valence-corrected chi connectivity index (χ0v) is 15.9. The Kier molecular flexibility index (Phi) is 4.11. The fraction of sp³-hybridized carbons (Fsp3) is 0.350. The Morgan fingerprint density at radius 1 is 1.22 bits per heavy atom. The van der Waals surface area contributed by atoms with Gasteiger partial charge in [0.25, 0.3) is 0 Å². The van der Waals surface area contributed by atoms with Crippen molar-refractivity contribution in [1.82, 2.24) is 14.6 Å². The molecule has 138 valence electrons. The second-order valence-corrected chi connectivity index (χ2v) is 6.64. The molecule has 0 spiro atoms. The molecule has 1 aliphatic rings. The first kappa shape index (κ1) is 17.2. The molecule has 1 atom stereocenters. The average Bonchev–Trinajstić information content (AvgIpc) is 3.31. The molecule has 0 radical (unpaired) electrons. The summed E-state index contributed by atoms with van der Waals surface area (Å²) < 4.78 is 12.6. The van der Waals surface area contributed by atoms with Crippen molar-refractivity contribution >= 4 is 11.5 Å². The van der Waals surface area contributed by atoms with E-state index >= 15 is 0 Å². The highest BCUT2D eigenvalue weighted by Crippen LogP contribution is 2.38. The first-order valence-corrected chi connectivity index (χ1v) is 8.85. The molecule has 1 unspecified atom stereocenters. The minimum atomic E-state index is 0.103. The van der Waals surface area contributed by atoms with E-state index in [0.29, 0.717) is 22.7 Å². The van der Waals surface area contributed by atoms with Gasteiger partial charge in [0, 0.05) is 17.8 Å². The molecule has 0 saturated heterocycles. The Labute approximate surface area is 157 Å². The van der Waals surface area contributed by atoms with Crippen LogP contribution in [0.25, 0.3) is 5.65 Å². The smallest absolute Gasteiger partial charge is 0.175 e. The van der Waals surface area contributed by atoms with Crippen molar-refractivity contribution in [1.29, 1.82) is 5.26 Å². The monoisotopic (exact) mass is 363 g/mol. The van der Waals surface area contributed by atoms with E-state index < -0.39 is 0 Å². The Morgan fingerprint density at radius 3 is 2.70 bits per heavy atom. The van der Waals surface area contributed by atoms with Gasteiger partial charge in [0.1, 0.15) is 17.5 Å². The van der Waals surface area contributed by atoms with Gasteiger partial charge in [0.2, 0.25) is 0 Å². The molecule has 2 aromatic heterocycles. The van der Waals surface area contributed by atoms with Crippen molar-refractivity contribution < 1.29 is 9.47 Å². The quantitative estimate of drug-likeness (QED) is 0.709. The standard InChI is InChI=1S/C20H21N5O2/c1-12-16-7-8-24(20(16)25-19(23-12)15(10-21)11-22-25)13(2)14-5-6-17(26-3)18(9-14)27-4/h5-6,9,11,13H,7-8H2,1-4H3. The Morgan fingerprint density at radius 2 is 2.00 bits per heavy atom. The van der Waals surface area contributed by atoms with Crippen molar-refractivity contribution in [3.8, 4) is 17.6 Å². The Bertz CT molecular complexity index is 1070. The third kappa shape index (κ3) is 2.56. The highest BCUT2D eigenvalue weighted by molar-refractivity contribution is 5.65. The number of nitriles is 1. The number of benzene rings is 1. The number of hydrogen-bond donors (Lipinski definition) is 0. The van der Waals surface area contributed by atoms with E-state index in [2.05, 4.69) is 34.0 Å². The van der Waals surface area contributed by atoms with E-state index in [1.165, 1.54) is 5.56 Å². The van der Waals surface area contributed by atoms with Crippen LogP contribution < -0.4 is 14.4 Å². The van der Waals surface area contributed by atoms with Crippen LogP contribution in [-0.4, -0.2) is 35.4 Å². The molecule has 0 saturated carbocycles. The van der Waals surface area contributed by atoms with Gasteiger partial charge in [0.15, 0.2) is 17.1 Å². The normalized spacial score (nSPS) is 14.1. The van der Waals surface area contributed by atoms with Crippen LogP contribution in [0.5, 0.6) is 11.5 Å². The van der Waals surface area contributed by atoms with Crippen molar-refractivity contribution in [2.24, 2.45) is 0 Å². The molecule has 4 rings (SSSR count). The number of nitrogens with zero attached hydrogens (tertiary/aromatic N) is 5. The topological polar surface area (TPSA) is 75.7 Å². The number of aryl methyl sites for hydroxylation is 1. The number of aromatic nitrogens is 3. The maximum absolute atomic E-state index is 9.34. The van der Waals surface area contributed by atoms with Gasteiger partial charge in [-0.2, -0.15) is 14.9 Å². The van der Waals surface area contributed by atoms with Gasteiger partial charge in [-0.3, -0.25) is 0 Å². The van der Waals surface area contributed by atoms with Crippen molar-refractivity contribution in [2.45, 2.75) is 26.3 Å². The van der Waals surface area contributed by atoms with Crippen LogP contribution in [0.3, 0.4) is 0 Å². The highest BCUT2D eigenvalue weighted by atomic mass is 16.5. The number of anilines is 1. The fourth-order valence-electron chi connectivity index (χ4n) is 3.79. The van der Waals surface area contributed by atoms with Crippen LogP contribution >= 0.6 is 0 Å². The molecule has 0 bridgehead atoms. The van der Waals surface area contributed by atoms with Crippen LogP contribution in [0.4, 0.5) is 5.82 Å². The minimum Gasteiger partial charge on any atom is -0.493 e. The summed E-state index contributed by atoms with van der Waals surface area (Å²) in [5.74, 6) is 2.44. The number of methoxy groups -OCH3 is 2. The average molecular weight is 363 g/mol. The molecule has 3 heterocycles. The summed E-state index contributed by atoms with van der Waals surface area (Å²) in [6, 6.07) is 8.27. The van der Waals surface area contributed by atoms with E-state index in [1.807, 2.05) is 19.1 Å². The van der Waals surface area contributed by atoms with Crippen LogP contribution in [0.2, 0.25) is 0 Å². The molecule has 7 heteroatoms. The first-order chi connectivity index (χ1) is 13.1. The summed E-state index contributed by atoms with van der Waals surface area (Å²) in [6.07, 6.45) is 2.49.